The highest BCUT2D eigenvalue weighted by atomic mass is 35.5. The van der Waals surface area contributed by atoms with Crippen LogP contribution in [-0.2, 0) is 20.9 Å². The van der Waals surface area contributed by atoms with Gasteiger partial charge in [0, 0.05) is 28.6 Å². The molecule has 7 heteroatoms. The fraction of sp³-hybridized carbons (Fsp3) is 0.258. The van der Waals surface area contributed by atoms with Crippen molar-refractivity contribution in [2.75, 3.05) is 6.61 Å². The van der Waals surface area contributed by atoms with Gasteiger partial charge in [0.15, 0.2) is 0 Å². The van der Waals surface area contributed by atoms with Gasteiger partial charge in [-0.25, -0.2) is 4.79 Å². The highest BCUT2D eigenvalue weighted by Crippen LogP contribution is 2.38. The minimum atomic E-state index is -0.429. The standard InChI is InChI=1S/C31H31ClN2O4/c1-4-38-31(37)29-21(3)34(28(35)18-27(29)24-14-16-26(32)17-15-24)19-22-10-12-25(13-11-22)30(36)33-20(2)23-8-6-5-7-9-23/h5-17,20,27H,4,18-19H2,1-3H3,(H,33,36). The molecule has 4 rings (SSSR count). The van der Waals surface area contributed by atoms with Crippen molar-refractivity contribution in [2.45, 2.75) is 45.7 Å². The van der Waals surface area contributed by atoms with E-state index in [1.807, 2.05) is 61.5 Å². The van der Waals surface area contributed by atoms with Gasteiger partial charge in [0.1, 0.15) is 0 Å². The average molecular weight is 531 g/mol. The number of halogens is 1. The molecule has 3 aromatic carbocycles. The Hall–Kier alpha value is -3.90. The molecule has 3 aromatic rings. The Morgan fingerprint density at radius 1 is 1.03 bits per heavy atom. The van der Waals surface area contributed by atoms with Gasteiger partial charge in [-0.05, 0) is 61.7 Å². The quantitative estimate of drug-likeness (QED) is 0.353. The number of ether oxygens (including phenoxy) is 1. The number of carbonyl (C=O) groups is 3. The van der Waals surface area contributed by atoms with Crippen LogP contribution in [0.15, 0.2) is 90.1 Å². The van der Waals surface area contributed by atoms with Gasteiger partial charge < -0.3 is 15.0 Å². The molecule has 196 valence electrons. The maximum Gasteiger partial charge on any atom is 0.336 e. The van der Waals surface area contributed by atoms with E-state index in [0.29, 0.717) is 21.9 Å². The van der Waals surface area contributed by atoms with Gasteiger partial charge in [-0.3, -0.25) is 9.59 Å². The molecule has 0 saturated heterocycles. The minimum absolute atomic E-state index is 0.0889. The van der Waals surface area contributed by atoms with Crippen LogP contribution >= 0.6 is 11.6 Å². The van der Waals surface area contributed by atoms with Crippen LogP contribution < -0.4 is 5.32 Å². The predicted octanol–water partition coefficient (Wildman–Crippen LogP) is 6.18. The summed E-state index contributed by atoms with van der Waals surface area (Å²) in [7, 11) is 0. The summed E-state index contributed by atoms with van der Waals surface area (Å²) in [6.07, 6.45) is 0.144. The third kappa shape index (κ3) is 6.14. The molecule has 1 N–H and O–H groups in total. The summed E-state index contributed by atoms with van der Waals surface area (Å²) >= 11 is 6.05. The van der Waals surface area contributed by atoms with Crippen LogP contribution in [0.1, 0.15) is 66.2 Å². The van der Waals surface area contributed by atoms with E-state index in [1.165, 1.54) is 0 Å². The zero-order chi connectivity index (χ0) is 27.2. The molecule has 1 aliphatic rings. The van der Waals surface area contributed by atoms with E-state index in [4.69, 9.17) is 16.3 Å². The molecule has 0 bridgehead atoms. The van der Waals surface area contributed by atoms with Crippen LogP contribution in [0.25, 0.3) is 0 Å². The Labute approximate surface area is 228 Å². The molecular formula is C31H31ClN2O4. The number of nitrogens with zero attached hydrogens (tertiary/aromatic N) is 1. The molecule has 0 saturated carbocycles. The number of carbonyl (C=O) groups excluding carboxylic acids is 3. The molecule has 1 heterocycles. The highest BCUT2D eigenvalue weighted by Gasteiger charge is 2.36. The number of benzene rings is 3. The van der Waals surface area contributed by atoms with Crippen molar-refractivity contribution in [2.24, 2.45) is 0 Å². The van der Waals surface area contributed by atoms with E-state index in [2.05, 4.69) is 5.32 Å². The van der Waals surface area contributed by atoms with Crippen molar-refractivity contribution in [3.05, 3.63) is 117 Å². The second-order valence-electron chi connectivity index (χ2n) is 9.31. The molecule has 1 aliphatic heterocycles. The van der Waals surface area contributed by atoms with Gasteiger partial charge in [-0.15, -0.1) is 0 Å². The first-order valence-electron chi connectivity index (χ1n) is 12.7. The molecule has 38 heavy (non-hydrogen) atoms. The Bertz CT molecular complexity index is 1330. The first-order chi connectivity index (χ1) is 18.3. The van der Waals surface area contributed by atoms with E-state index in [9.17, 15) is 14.4 Å². The smallest absolute Gasteiger partial charge is 0.336 e. The summed E-state index contributed by atoms with van der Waals surface area (Å²) in [5.41, 5.74) is 4.28. The van der Waals surface area contributed by atoms with Gasteiger partial charge in [0.2, 0.25) is 5.91 Å². The zero-order valence-corrected chi connectivity index (χ0v) is 22.5. The Kier molecular flexibility index (Phi) is 8.64. The first kappa shape index (κ1) is 27.1. The summed E-state index contributed by atoms with van der Waals surface area (Å²) in [4.78, 5) is 40.6. The summed E-state index contributed by atoms with van der Waals surface area (Å²) < 4.78 is 5.36. The van der Waals surface area contributed by atoms with Gasteiger partial charge in [0.25, 0.3) is 5.91 Å². The van der Waals surface area contributed by atoms with Crippen LogP contribution in [-0.4, -0.2) is 29.3 Å². The molecule has 0 spiro atoms. The Morgan fingerprint density at radius 2 is 1.68 bits per heavy atom. The summed E-state index contributed by atoms with van der Waals surface area (Å²) in [5.74, 6) is -1.10. The van der Waals surface area contributed by atoms with Crippen LogP contribution in [0.5, 0.6) is 0 Å². The van der Waals surface area contributed by atoms with Gasteiger partial charge in [-0.2, -0.15) is 0 Å². The number of rotatable bonds is 8. The van der Waals surface area contributed by atoms with E-state index < -0.39 is 11.9 Å². The minimum Gasteiger partial charge on any atom is -0.463 e. The highest BCUT2D eigenvalue weighted by molar-refractivity contribution is 6.30. The Balaban J connectivity index is 1.53. The molecule has 6 nitrogen and oxygen atoms in total. The molecule has 0 radical (unpaired) electrons. The number of nitrogens with one attached hydrogen (secondary N) is 1. The number of esters is 1. The van der Waals surface area contributed by atoms with Crippen molar-refractivity contribution in [3.63, 3.8) is 0 Å². The fourth-order valence-electron chi connectivity index (χ4n) is 4.71. The SMILES string of the molecule is CCOC(=O)C1=C(C)N(Cc2ccc(C(=O)NC(C)c3ccccc3)cc2)C(=O)CC1c1ccc(Cl)cc1. The number of allylic oxidation sites excluding steroid dienone is 1. The summed E-state index contributed by atoms with van der Waals surface area (Å²) in [6, 6.07) is 24.0. The topological polar surface area (TPSA) is 75.7 Å². The summed E-state index contributed by atoms with van der Waals surface area (Å²) in [6.45, 7) is 6.00. The van der Waals surface area contributed by atoms with Crippen molar-refractivity contribution >= 4 is 29.4 Å². The van der Waals surface area contributed by atoms with E-state index in [0.717, 1.165) is 16.7 Å². The van der Waals surface area contributed by atoms with E-state index in [1.54, 1.807) is 43.0 Å². The molecule has 2 unspecified atom stereocenters. The van der Waals surface area contributed by atoms with Crippen molar-refractivity contribution in [3.8, 4) is 0 Å². The monoisotopic (exact) mass is 530 g/mol. The zero-order valence-electron chi connectivity index (χ0n) is 21.7. The number of amides is 2. The lowest BCUT2D eigenvalue weighted by Crippen LogP contribution is -2.38. The van der Waals surface area contributed by atoms with Crippen LogP contribution in [0.4, 0.5) is 0 Å². The second-order valence-corrected chi connectivity index (χ2v) is 9.75. The fourth-order valence-corrected chi connectivity index (χ4v) is 4.83. The number of hydrogen-bond acceptors (Lipinski definition) is 4. The average Bonchev–Trinajstić information content (AvgIpc) is 2.92. The maximum absolute atomic E-state index is 13.3. The van der Waals surface area contributed by atoms with Crippen LogP contribution in [0.2, 0.25) is 5.02 Å². The molecule has 0 fully saturated rings. The predicted molar refractivity (Wildman–Crippen MR) is 147 cm³/mol. The van der Waals surface area contributed by atoms with Crippen molar-refractivity contribution in [1.82, 2.24) is 10.2 Å². The third-order valence-corrected chi connectivity index (χ3v) is 7.05. The molecule has 2 amide bonds. The van der Waals surface area contributed by atoms with Crippen LogP contribution in [0.3, 0.4) is 0 Å². The van der Waals surface area contributed by atoms with Gasteiger partial charge in [0.05, 0.1) is 24.8 Å². The van der Waals surface area contributed by atoms with Gasteiger partial charge >= 0.3 is 5.97 Å². The largest absolute Gasteiger partial charge is 0.463 e. The van der Waals surface area contributed by atoms with Crippen molar-refractivity contribution < 1.29 is 19.1 Å². The lowest BCUT2D eigenvalue weighted by atomic mass is 9.83. The lowest BCUT2D eigenvalue weighted by Gasteiger charge is -2.34. The molecule has 2 atom stereocenters. The Morgan fingerprint density at radius 3 is 2.32 bits per heavy atom. The van der Waals surface area contributed by atoms with Gasteiger partial charge in [-0.1, -0.05) is 66.2 Å². The maximum atomic E-state index is 13.3. The van der Waals surface area contributed by atoms with E-state index >= 15 is 0 Å². The number of hydrogen-bond donors (Lipinski definition) is 1. The third-order valence-electron chi connectivity index (χ3n) is 6.79. The van der Waals surface area contributed by atoms with Crippen molar-refractivity contribution in [1.29, 1.82) is 0 Å². The molecule has 0 aliphatic carbocycles. The summed E-state index contributed by atoms with van der Waals surface area (Å²) in [5, 5.41) is 3.60. The van der Waals surface area contributed by atoms with Crippen LogP contribution in [0, 0.1) is 0 Å². The normalized spacial score (nSPS) is 16.3. The molecule has 0 aromatic heterocycles. The first-order valence-corrected chi connectivity index (χ1v) is 13.0. The molecular weight excluding hydrogens is 500 g/mol. The second kappa shape index (κ2) is 12.1. The lowest BCUT2D eigenvalue weighted by molar-refractivity contribution is -0.140. The van der Waals surface area contributed by atoms with E-state index in [-0.39, 0.29) is 37.4 Å².